The van der Waals surface area contributed by atoms with Crippen molar-refractivity contribution in [3.05, 3.63) is 29.3 Å². The van der Waals surface area contributed by atoms with Crippen LogP contribution in [-0.2, 0) is 9.84 Å². The fourth-order valence-corrected chi connectivity index (χ4v) is 3.58. The third-order valence-electron chi connectivity index (χ3n) is 4.09. The molecule has 1 saturated heterocycles. The summed E-state index contributed by atoms with van der Waals surface area (Å²) in [5.74, 6) is 0. The maximum absolute atomic E-state index is 12.2. The normalized spacial score (nSPS) is 16.8. The molecule has 2 rings (SSSR count). The average Bonchev–Trinajstić information content (AvgIpc) is 2.42. The van der Waals surface area contributed by atoms with E-state index in [-0.39, 0.29) is 11.3 Å². The summed E-state index contributed by atoms with van der Waals surface area (Å²) in [5, 5.41) is 2.55. The lowest BCUT2D eigenvalue weighted by Crippen LogP contribution is -2.44. The molecule has 0 radical (unpaired) electrons. The Bertz CT molecular complexity index is 632. The quantitative estimate of drug-likeness (QED) is 0.912. The molecule has 2 amide bonds. The molecule has 1 aromatic rings. The SMILES string of the molecule is Cc1ccc(NC(=O)N2CCC(S(C)(=O)=O)CC2)cc1C. The molecule has 5 nitrogen and oxygen atoms in total. The third kappa shape index (κ3) is 3.97. The van der Waals surface area contributed by atoms with Gasteiger partial charge in [-0.3, -0.25) is 0 Å². The maximum Gasteiger partial charge on any atom is 0.321 e. The van der Waals surface area contributed by atoms with E-state index >= 15 is 0 Å². The van der Waals surface area contributed by atoms with Gasteiger partial charge in [0.2, 0.25) is 0 Å². The molecule has 1 fully saturated rings. The van der Waals surface area contributed by atoms with Crippen LogP contribution < -0.4 is 5.32 Å². The molecule has 1 aromatic carbocycles. The molecular weight excluding hydrogens is 288 g/mol. The lowest BCUT2D eigenvalue weighted by atomic mass is 10.1. The van der Waals surface area contributed by atoms with Crippen molar-refractivity contribution in [3.8, 4) is 0 Å². The molecule has 1 aliphatic rings. The molecule has 1 aliphatic heterocycles. The predicted molar refractivity (Wildman–Crippen MR) is 84.4 cm³/mol. The monoisotopic (exact) mass is 310 g/mol. The zero-order chi connectivity index (χ0) is 15.6. The number of nitrogens with zero attached hydrogens (tertiary/aromatic N) is 1. The lowest BCUT2D eigenvalue weighted by molar-refractivity contribution is 0.200. The van der Waals surface area contributed by atoms with Crippen molar-refractivity contribution in [2.45, 2.75) is 31.9 Å². The van der Waals surface area contributed by atoms with Gasteiger partial charge in [0.25, 0.3) is 0 Å². The van der Waals surface area contributed by atoms with Gasteiger partial charge in [-0.15, -0.1) is 0 Å². The number of amides is 2. The highest BCUT2D eigenvalue weighted by atomic mass is 32.2. The summed E-state index contributed by atoms with van der Waals surface area (Å²) in [6.45, 7) is 4.99. The van der Waals surface area contributed by atoms with Gasteiger partial charge < -0.3 is 10.2 Å². The van der Waals surface area contributed by atoms with Crippen LogP contribution in [0, 0.1) is 13.8 Å². The zero-order valence-corrected chi connectivity index (χ0v) is 13.5. The third-order valence-corrected chi connectivity index (χ3v) is 5.78. The number of hydrogen-bond donors (Lipinski definition) is 1. The van der Waals surface area contributed by atoms with Gasteiger partial charge in [0.1, 0.15) is 9.84 Å². The molecule has 0 aromatic heterocycles. The Morgan fingerprint density at radius 2 is 1.81 bits per heavy atom. The first-order chi connectivity index (χ1) is 9.77. The highest BCUT2D eigenvalue weighted by Crippen LogP contribution is 2.19. The topological polar surface area (TPSA) is 66.5 Å². The summed E-state index contributed by atoms with van der Waals surface area (Å²) in [4.78, 5) is 13.9. The van der Waals surface area contributed by atoms with Crippen molar-refractivity contribution in [2.75, 3.05) is 24.7 Å². The lowest BCUT2D eigenvalue weighted by Gasteiger charge is -2.31. The van der Waals surface area contributed by atoms with Crippen LogP contribution in [-0.4, -0.2) is 43.9 Å². The van der Waals surface area contributed by atoms with Crippen LogP contribution in [0.3, 0.4) is 0 Å². The number of nitrogens with one attached hydrogen (secondary N) is 1. The second-order valence-corrected chi connectivity index (χ2v) is 8.07. The molecule has 0 unspecified atom stereocenters. The Morgan fingerprint density at radius 1 is 1.19 bits per heavy atom. The second kappa shape index (κ2) is 6.05. The fourth-order valence-electron chi connectivity index (χ4n) is 2.51. The number of rotatable bonds is 2. The Balaban J connectivity index is 1.95. The molecular formula is C15H22N2O3S. The highest BCUT2D eigenvalue weighted by Gasteiger charge is 2.28. The van der Waals surface area contributed by atoms with Crippen molar-refractivity contribution in [1.29, 1.82) is 0 Å². The summed E-state index contributed by atoms with van der Waals surface area (Å²) < 4.78 is 23.0. The van der Waals surface area contributed by atoms with E-state index < -0.39 is 9.84 Å². The van der Waals surface area contributed by atoms with Gasteiger partial charge in [-0.2, -0.15) is 0 Å². The minimum absolute atomic E-state index is 0.162. The first-order valence-corrected chi connectivity index (χ1v) is 9.05. The summed E-state index contributed by atoms with van der Waals surface area (Å²) in [6.07, 6.45) is 2.29. The summed E-state index contributed by atoms with van der Waals surface area (Å²) >= 11 is 0. The van der Waals surface area contributed by atoms with Crippen LogP contribution in [0.15, 0.2) is 18.2 Å². The predicted octanol–water partition coefficient (Wildman–Crippen LogP) is 2.34. The molecule has 21 heavy (non-hydrogen) atoms. The van der Waals surface area contributed by atoms with E-state index in [4.69, 9.17) is 0 Å². The van der Waals surface area contributed by atoms with E-state index in [1.807, 2.05) is 32.0 Å². The van der Waals surface area contributed by atoms with Crippen molar-refractivity contribution in [1.82, 2.24) is 4.90 Å². The molecule has 0 bridgehead atoms. The van der Waals surface area contributed by atoms with Crippen LogP contribution in [0.2, 0.25) is 0 Å². The van der Waals surface area contributed by atoms with Crippen molar-refractivity contribution >= 4 is 21.6 Å². The van der Waals surface area contributed by atoms with Crippen LogP contribution in [0.5, 0.6) is 0 Å². The smallest absolute Gasteiger partial charge is 0.321 e. The number of piperidine rings is 1. The summed E-state index contributed by atoms with van der Waals surface area (Å²) in [5.41, 5.74) is 3.08. The van der Waals surface area contributed by atoms with Gasteiger partial charge in [0.15, 0.2) is 0 Å². The largest absolute Gasteiger partial charge is 0.324 e. The van der Waals surface area contributed by atoms with E-state index in [0.717, 1.165) is 11.3 Å². The fraction of sp³-hybridized carbons (Fsp3) is 0.533. The van der Waals surface area contributed by atoms with Crippen LogP contribution in [0.1, 0.15) is 24.0 Å². The minimum Gasteiger partial charge on any atom is -0.324 e. The van der Waals surface area contributed by atoms with Gasteiger partial charge in [-0.1, -0.05) is 6.07 Å². The maximum atomic E-state index is 12.2. The first kappa shape index (κ1) is 15.8. The molecule has 6 heteroatoms. The van der Waals surface area contributed by atoms with Gasteiger partial charge in [0.05, 0.1) is 5.25 Å². The van der Waals surface area contributed by atoms with Gasteiger partial charge in [-0.05, 0) is 49.9 Å². The van der Waals surface area contributed by atoms with Gasteiger partial charge in [-0.25, -0.2) is 13.2 Å². The molecule has 0 atom stereocenters. The Labute approximate surface area is 126 Å². The standard InChI is InChI=1S/C15H22N2O3S/c1-11-4-5-13(10-12(11)2)16-15(18)17-8-6-14(7-9-17)21(3,19)20/h4-5,10,14H,6-9H2,1-3H3,(H,16,18). The summed E-state index contributed by atoms with van der Waals surface area (Å²) in [6, 6.07) is 5.63. The summed E-state index contributed by atoms with van der Waals surface area (Å²) in [7, 11) is -3.00. The number of likely N-dealkylation sites (tertiary alicyclic amines) is 1. The number of anilines is 1. The van der Waals surface area contributed by atoms with Crippen molar-refractivity contribution in [2.24, 2.45) is 0 Å². The molecule has 1 N–H and O–H groups in total. The van der Waals surface area contributed by atoms with E-state index in [1.165, 1.54) is 11.8 Å². The number of benzene rings is 1. The number of carbonyl (C=O) groups excluding carboxylic acids is 1. The molecule has 1 heterocycles. The van der Waals surface area contributed by atoms with Gasteiger partial charge >= 0.3 is 6.03 Å². The Kier molecular flexibility index (Phi) is 4.56. The number of hydrogen-bond acceptors (Lipinski definition) is 3. The molecule has 0 spiro atoms. The van der Waals surface area contributed by atoms with E-state index in [9.17, 15) is 13.2 Å². The second-order valence-electron chi connectivity index (χ2n) is 5.75. The highest BCUT2D eigenvalue weighted by molar-refractivity contribution is 7.91. The van der Waals surface area contributed by atoms with Crippen LogP contribution >= 0.6 is 0 Å². The number of sulfone groups is 1. The van der Waals surface area contributed by atoms with Crippen molar-refractivity contribution < 1.29 is 13.2 Å². The number of urea groups is 1. The number of carbonyl (C=O) groups is 1. The van der Waals surface area contributed by atoms with E-state index in [1.54, 1.807) is 4.90 Å². The Hall–Kier alpha value is -1.56. The average molecular weight is 310 g/mol. The van der Waals surface area contributed by atoms with Crippen molar-refractivity contribution in [3.63, 3.8) is 0 Å². The van der Waals surface area contributed by atoms with Crippen LogP contribution in [0.4, 0.5) is 10.5 Å². The molecule has 0 saturated carbocycles. The van der Waals surface area contributed by atoms with Crippen LogP contribution in [0.25, 0.3) is 0 Å². The first-order valence-electron chi connectivity index (χ1n) is 7.09. The van der Waals surface area contributed by atoms with E-state index in [2.05, 4.69) is 5.32 Å². The zero-order valence-electron chi connectivity index (χ0n) is 12.7. The van der Waals surface area contributed by atoms with E-state index in [0.29, 0.717) is 25.9 Å². The number of aryl methyl sites for hydroxylation is 2. The van der Waals surface area contributed by atoms with Gasteiger partial charge in [0, 0.05) is 25.0 Å². The molecule has 116 valence electrons. The minimum atomic E-state index is -3.00. The molecule has 0 aliphatic carbocycles. The Morgan fingerprint density at radius 3 is 2.33 bits per heavy atom.